The van der Waals surface area contributed by atoms with Crippen molar-refractivity contribution >= 4 is 0 Å². The molecular formula is C20H27N5O2. The van der Waals surface area contributed by atoms with Crippen molar-refractivity contribution in [2.75, 3.05) is 32.7 Å². The van der Waals surface area contributed by atoms with Crippen molar-refractivity contribution in [3.8, 4) is 0 Å². The van der Waals surface area contributed by atoms with E-state index in [4.69, 9.17) is 4.52 Å². The Kier molecular flexibility index (Phi) is 4.57. The highest BCUT2D eigenvalue weighted by Crippen LogP contribution is 2.40. The number of piperazine rings is 1. The van der Waals surface area contributed by atoms with Crippen LogP contribution in [0.15, 0.2) is 21.5 Å². The number of aryl methyl sites for hydroxylation is 2. The van der Waals surface area contributed by atoms with E-state index in [1.165, 1.54) is 12.8 Å². The Morgan fingerprint density at radius 3 is 2.67 bits per heavy atom. The van der Waals surface area contributed by atoms with Crippen molar-refractivity contribution in [2.45, 2.75) is 51.1 Å². The molecule has 1 aliphatic heterocycles. The third kappa shape index (κ3) is 3.84. The van der Waals surface area contributed by atoms with E-state index in [-0.39, 0.29) is 5.56 Å². The number of hydrogen-bond donors (Lipinski definition) is 0. The lowest BCUT2D eigenvalue weighted by atomic mass is 10.2. The van der Waals surface area contributed by atoms with Gasteiger partial charge in [0, 0.05) is 57.3 Å². The molecule has 3 heterocycles. The van der Waals surface area contributed by atoms with Crippen molar-refractivity contribution < 1.29 is 4.52 Å². The number of aromatic nitrogens is 3. The largest absolute Gasteiger partial charge is 0.361 e. The van der Waals surface area contributed by atoms with Crippen LogP contribution in [0.4, 0.5) is 0 Å². The summed E-state index contributed by atoms with van der Waals surface area (Å²) in [5.74, 6) is 1.69. The lowest BCUT2D eigenvalue weighted by Gasteiger charge is -2.34. The van der Waals surface area contributed by atoms with Crippen LogP contribution in [0.3, 0.4) is 0 Å². The molecule has 2 aromatic rings. The van der Waals surface area contributed by atoms with Crippen molar-refractivity contribution in [3.63, 3.8) is 0 Å². The Morgan fingerprint density at radius 1 is 1.04 bits per heavy atom. The van der Waals surface area contributed by atoms with Crippen LogP contribution in [0.2, 0.25) is 0 Å². The van der Waals surface area contributed by atoms with E-state index in [0.717, 1.165) is 81.2 Å². The quantitative estimate of drug-likeness (QED) is 0.767. The second-order valence-corrected chi connectivity index (χ2v) is 8.14. The summed E-state index contributed by atoms with van der Waals surface area (Å²) in [4.78, 5) is 17.1. The molecule has 0 bridgehead atoms. The molecule has 144 valence electrons. The van der Waals surface area contributed by atoms with Crippen molar-refractivity contribution in [1.82, 2.24) is 24.7 Å². The van der Waals surface area contributed by atoms with Gasteiger partial charge in [0.05, 0.1) is 17.9 Å². The van der Waals surface area contributed by atoms with Crippen molar-refractivity contribution in [3.05, 3.63) is 45.2 Å². The van der Waals surface area contributed by atoms with E-state index >= 15 is 0 Å². The van der Waals surface area contributed by atoms with Gasteiger partial charge in [0.2, 0.25) is 0 Å². The van der Waals surface area contributed by atoms with E-state index in [9.17, 15) is 4.79 Å². The van der Waals surface area contributed by atoms with Crippen LogP contribution in [0, 0.1) is 0 Å². The zero-order chi connectivity index (χ0) is 18.2. The van der Waals surface area contributed by atoms with E-state index in [0.29, 0.717) is 12.5 Å². The number of hydrogen-bond acceptors (Lipinski definition) is 6. The van der Waals surface area contributed by atoms with Gasteiger partial charge in [0.15, 0.2) is 0 Å². The lowest BCUT2D eigenvalue weighted by molar-refractivity contribution is 0.120. The fourth-order valence-electron chi connectivity index (χ4n) is 4.20. The van der Waals surface area contributed by atoms with Crippen molar-refractivity contribution in [2.24, 2.45) is 0 Å². The summed E-state index contributed by atoms with van der Waals surface area (Å²) in [7, 11) is 0. The van der Waals surface area contributed by atoms with Crippen LogP contribution in [-0.2, 0) is 25.9 Å². The second kappa shape index (κ2) is 7.20. The average Bonchev–Trinajstić information content (AvgIpc) is 3.26. The molecule has 0 N–H and O–H groups in total. The maximum Gasteiger partial charge on any atom is 0.267 e. The molecule has 7 heteroatoms. The third-order valence-electron chi connectivity index (χ3n) is 6.06. The molecule has 27 heavy (non-hydrogen) atoms. The van der Waals surface area contributed by atoms with Gasteiger partial charge in [-0.1, -0.05) is 5.16 Å². The molecule has 0 aromatic carbocycles. The van der Waals surface area contributed by atoms with E-state index in [1.54, 1.807) is 10.7 Å². The zero-order valence-corrected chi connectivity index (χ0v) is 15.8. The number of fused-ring (bicyclic) bond motifs is 1. The highest BCUT2D eigenvalue weighted by Gasteiger charge is 2.28. The van der Waals surface area contributed by atoms with Crippen LogP contribution < -0.4 is 5.56 Å². The monoisotopic (exact) mass is 369 g/mol. The molecule has 5 rings (SSSR count). The van der Waals surface area contributed by atoms with Gasteiger partial charge in [0.1, 0.15) is 5.76 Å². The minimum atomic E-state index is 0.0479. The molecule has 7 nitrogen and oxygen atoms in total. The van der Waals surface area contributed by atoms with Gasteiger partial charge in [-0.3, -0.25) is 14.6 Å². The molecule has 0 unspecified atom stereocenters. The van der Waals surface area contributed by atoms with Gasteiger partial charge in [-0.15, -0.1) is 0 Å². The predicted molar refractivity (Wildman–Crippen MR) is 101 cm³/mol. The summed E-state index contributed by atoms with van der Waals surface area (Å²) in [5.41, 5.74) is 3.38. The molecule has 0 radical (unpaired) electrons. The first-order valence-electron chi connectivity index (χ1n) is 10.2. The van der Waals surface area contributed by atoms with Crippen LogP contribution in [0.1, 0.15) is 47.9 Å². The molecule has 0 amide bonds. The average molecular weight is 369 g/mol. The SMILES string of the molecule is O=c1cc2c(nn1CCN1CCN(Cc3cc(C4CC4)on3)CC1)CCC2. The smallest absolute Gasteiger partial charge is 0.267 e. The van der Waals surface area contributed by atoms with E-state index in [1.807, 2.05) is 0 Å². The Balaban J connectivity index is 1.10. The summed E-state index contributed by atoms with van der Waals surface area (Å²) in [6, 6.07) is 3.93. The fraction of sp³-hybridized carbons (Fsp3) is 0.650. The molecule has 0 atom stereocenters. The van der Waals surface area contributed by atoms with Gasteiger partial charge in [0.25, 0.3) is 5.56 Å². The predicted octanol–water partition coefficient (Wildman–Crippen LogP) is 1.42. The molecule has 1 saturated carbocycles. The molecule has 3 aliphatic rings. The Labute approximate surface area is 158 Å². The summed E-state index contributed by atoms with van der Waals surface area (Å²) < 4.78 is 7.11. The molecule has 2 aromatic heterocycles. The fourth-order valence-corrected chi connectivity index (χ4v) is 4.20. The van der Waals surface area contributed by atoms with Gasteiger partial charge >= 0.3 is 0 Å². The highest BCUT2D eigenvalue weighted by atomic mass is 16.5. The maximum atomic E-state index is 12.2. The lowest BCUT2D eigenvalue weighted by Crippen LogP contribution is -2.47. The molecule has 2 aliphatic carbocycles. The van der Waals surface area contributed by atoms with Crippen LogP contribution >= 0.6 is 0 Å². The van der Waals surface area contributed by atoms with Crippen LogP contribution in [0.25, 0.3) is 0 Å². The van der Waals surface area contributed by atoms with E-state index in [2.05, 4.69) is 26.1 Å². The van der Waals surface area contributed by atoms with Gasteiger partial charge in [-0.25, -0.2) is 4.68 Å². The minimum Gasteiger partial charge on any atom is -0.361 e. The van der Waals surface area contributed by atoms with Crippen LogP contribution in [0.5, 0.6) is 0 Å². The first-order valence-corrected chi connectivity index (χ1v) is 10.2. The van der Waals surface area contributed by atoms with E-state index < -0.39 is 0 Å². The first kappa shape index (κ1) is 17.1. The van der Waals surface area contributed by atoms with Gasteiger partial charge < -0.3 is 4.52 Å². The standard InChI is InChI=1S/C20H27N5O2/c26-20-12-16-2-1-3-18(16)21-25(20)11-10-23-6-8-24(9-7-23)14-17-13-19(27-22-17)15-4-5-15/h12-13,15H,1-11,14H2. The Bertz CT molecular complexity index is 861. The summed E-state index contributed by atoms with van der Waals surface area (Å²) in [5, 5.41) is 8.81. The van der Waals surface area contributed by atoms with Gasteiger partial charge in [-0.2, -0.15) is 5.10 Å². The zero-order valence-electron chi connectivity index (χ0n) is 15.8. The molecule has 0 spiro atoms. The molecule has 1 saturated heterocycles. The summed E-state index contributed by atoms with van der Waals surface area (Å²) in [6.45, 7) is 6.53. The Morgan fingerprint density at radius 2 is 1.85 bits per heavy atom. The third-order valence-corrected chi connectivity index (χ3v) is 6.06. The summed E-state index contributed by atoms with van der Waals surface area (Å²) >= 11 is 0. The Hall–Kier alpha value is -1.99. The number of nitrogens with zero attached hydrogens (tertiary/aromatic N) is 5. The number of rotatable bonds is 6. The normalized spacial score (nSPS) is 20.9. The second-order valence-electron chi connectivity index (χ2n) is 8.14. The topological polar surface area (TPSA) is 67.4 Å². The summed E-state index contributed by atoms with van der Waals surface area (Å²) in [6.07, 6.45) is 5.64. The van der Waals surface area contributed by atoms with Crippen LogP contribution in [-0.4, -0.2) is 57.5 Å². The van der Waals surface area contributed by atoms with Crippen molar-refractivity contribution in [1.29, 1.82) is 0 Å². The molecule has 2 fully saturated rings. The first-order chi connectivity index (χ1) is 13.2. The van der Waals surface area contributed by atoms with Gasteiger partial charge in [-0.05, 0) is 37.7 Å². The highest BCUT2D eigenvalue weighted by molar-refractivity contribution is 5.22. The minimum absolute atomic E-state index is 0.0479. The maximum absolute atomic E-state index is 12.2. The molecular weight excluding hydrogens is 342 g/mol.